The molecule has 0 bridgehead atoms. The Bertz CT molecular complexity index is 565. The Morgan fingerprint density at radius 3 is 2.86 bits per heavy atom. The molecule has 5 nitrogen and oxygen atoms in total. The van der Waals surface area contributed by atoms with E-state index in [-0.39, 0.29) is 18.6 Å². The van der Waals surface area contributed by atoms with Gasteiger partial charge in [0.05, 0.1) is 12.8 Å². The van der Waals surface area contributed by atoms with Gasteiger partial charge in [-0.25, -0.2) is 0 Å². The van der Waals surface area contributed by atoms with E-state index < -0.39 is 0 Å². The average molecular weight is 289 g/mol. The van der Waals surface area contributed by atoms with Crippen molar-refractivity contribution in [2.45, 2.75) is 13.0 Å². The van der Waals surface area contributed by atoms with Crippen molar-refractivity contribution >= 4 is 5.91 Å². The minimum atomic E-state index is -0.303. The SMILES string of the molecule is CO[C@@H](CNC(=O)COc1cccc(C)c1)c1ccco1. The first kappa shape index (κ1) is 15.1. The highest BCUT2D eigenvalue weighted by Gasteiger charge is 2.14. The number of aryl methyl sites for hydroxylation is 1. The van der Waals surface area contributed by atoms with Crippen LogP contribution >= 0.6 is 0 Å². The van der Waals surface area contributed by atoms with Crippen molar-refractivity contribution in [3.05, 3.63) is 54.0 Å². The van der Waals surface area contributed by atoms with Crippen LogP contribution in [0.2, 0.25) is 0 Å². The second kappa shape index (κ2) is 7.50. The van der Waals surface area contributed by atoms with Gasteiger partial charge in [-0.3, -0.25) is 4.79 Å². The predicted octanol–water partition coefficient (Wildman–Crippen LogP) is 2.47. The summed E-state index contributed by atoms with van der Waals surface area (Å²) in [6.07, 6.45) is 1.27. The number of rotatable bonds is 7. The molecule has 0 spiro atoms. The van der Waals surface area contributed by atoms with Crippen LogP contribution in [0.25, 0.3) is 0 Å². The van der Waals surface area contributed by atoms with Gasteiger partial charge < -0.3 is 19.2 Å². The fourth-order valence-electron chi connectivity index (χ4n) is 1.89. The topological polar surface area (TPSA) is 60.7 Å². The number of hydrogen-bond donors (Lipinski definition) is 1. The van der Waals surface area contributed by atoms with Crippen molar-refractivity contribution in [1.82, 2.24) is 5.32 Å². The van der Waals surface area contributed by atoms with Gasteiger partial charge >= 0.3 is 0 Å². The number of furan rings is 1. The van der Waals surface area contributed by atoms with E-state index in [1.54, 1.807) is 19.4 Å². The van der Waals surface area contributed by atoms with Gasteiger partial charge in [-0.05, 0) is 36.8 Å². The third-order valence-corrected chi connectivity index (χ3v) is 2.99. The Morgan fingerprint density at radius 2 is 2.19 bits per heavy atom. The largest absolute Gasteiger partial charge is 0.484 e. The molecular weight excluding hydrogens is 270 g/mol. The van der Waals surface area contributed by atoms with Gasteiger partial charge in [-0.2, -0.15) is 0 Å². The molecule has 0 unspecified atom stereocenters. The van der Waals surface area contributed by atoms with E-state index in [0.717, 1.165) is 5.56 Å². The molecule has 2 aromatic rings. The molecule has 0 aliphatic carbocycles. The van der Waals surface area contributed by atoms with E-state index in [2.05, 4.69) is 5.32 Å². The Balaban J connectivity index is 1.77. The average Bonchev–Trinajstić information content (AvgIpc) is 3.00. The lowest BCUT2D eigenvalue weighted by atomic mass is 10.2. The van der Waals surface area contributed by atoms with Gasteiger partial charge in [0.15, 0.2) is 6.61 Å². The summed E-state index contributed by atoms with van der Waals surface area (Å²) in [6.45, 7) is 2.28. The summed E-state index contributed by atoms with van der Waals surface area (Å²) in [5.74, 6) is 1.15. The summed E-state index contributed by atoms with van der Waals surface area (Å²) in [5, 5.41) is 2.76. The Kier molecular flexibility index (Phi) is 5.40. The van der Waals surface area contributed by atoms with E-state index in [1.165, 1.54) is 0 Å². The Labute approximate surface area is 123 Å². The van der Waals surface area contributed by atoms with Gasteiger partial charge in [-0.1, -0.05) is 12.1 Å². The highest BCUT2D eigenvalue weighted by molar-refractivity contribution is 5.77. The maximum absolute atomic E-state index is 11.8. The summed E-state index contributed by atoms with van der Waals surface area (Å²) >= 11 is 0. The van der Waals surface area contributed by atoms with E-state index in [4.69, 9.17) is 13.9 Å². The fourth-order valence-corrected chi connectivity index (χ4v) is 1.89. The highest BCUT2D eigenvalue weighted by atomic mass is 16.5. The van der Waals surface area contributed by atoms with Crippen molar-refractivity contribution in [3.8, 4) is 5.75 Å². The van der Waals surface area contributed by atoms with Gasteiger partial charge in [0.25, 0.3) is 5.91 Å². The van der Waals surface area contributed by atoms with Crippen LogP contribution < -0.4 is 10.1 Å². The number of carbonyl (C=O) groups excluding carboxylic acids is 1. The molecule has 1 N–H and O–H groups in total. The van der Waals surface area contributed by atoms with Gasteiger partial charge in [-0.15, -0.1) is 0 Å². The second-order valence-electron chi connectivity index (χ2n) is 4.65. The lowest BCUT2D eigenvalue weighted by molar-refractivity contribution is -0.123. The molecular formula is C16H19NO4. The molecule has 0 aliphatic rings. The summed E-state index contributed by atoms with van der Waals surface area (Å²) in [4.78, 5) is 11.8. The van der Waals surface area contributed by atoms with Crippen LogP contribution in [-0.2, 0) is 9.53 Å². The molecule has 21 heavy (non-hydrogen) atoms. The highest BCUT2D eigenvalue weighted by Crippen LogP contribution is 2.16. The normalized spacial score (nSPS) is 11.9. The van der Waals surface area contributed by atoms with Crippen molar-refractivity contribution in [2.75, 3.05) is 20.3 Å². The molecule has 1 aromatic carbocycles. The number of nitrogens with one attached hydrogen (secondary N) is 1. The molecule has 1 aromatic heterocycles. The van der Waals surface area contributed by atoms with Crippen LogP contribution in [0, 0.1) is 6.92 Å². The second-order valence-corrected chi connectivity index (χ2v) is 4.65. The summed E-state index contributed by atoms with van der Waals surface area (Å²) in [6, 6.07) is 11.2. The van der Waals surface area contributed by atoms with Crippen LogP contribution in [0.1, 0.15) is 17.4 Å². The first-order valence-electron chi connectivity index (χ1n) is 6.71. The van der Waals surface area contributed by atoms with Crippen molar-refractivity contribution in [1.29, 1.82) is 0 Å². The smallest absolute Gasteiger partial charge is 0.258 e. The number of ether oxygens (including phenoxy) is 2. The zero-order valence-corrected chi connectivity index (χ0v) is 12.2. The number of amides is 1. The molecule has 0 saturated heterocycles. The third kappa shape index (κ3) is 4.65. The van der Waals surface area contributed by atoms with Crippen LogP contribution in [0.15, 0.2) is 47.1 Å². The standard InChI is InChI=1S/C16H19NO4/c1-12-5-3-6-13(9-12)21-11-16(18)17-10-15(19-2)14-7-4-8-20-14/h3-9,15H,10-11H2,1-2H3,(H,17,18)/t15-/m0/s1. The number of hydrogen-bond acceptors (Lipinski definition) is 4. The van der Waals surface area contributed by atoms with Crippen molar-refractivity contribution in [2.24, 2.45) is 0 Å². The van der Waals surface area contributed by atoms with Gasteiger partial charge in [0.2, 0.25) is 0 Å². The Hall–Kier alpha value is -2.27. The molecule has 0 aliphatic heterocycles. The minimum absolute atomic E-state index is 0.0297. The van der Waals surface area contributed by atoms with Crippen molar-refractivity contribution < 1.29 is 18.7 Å². The molecule has 1 heterocycles. The van der Waals surface area contributed by atoms with E-state index in [1.807, 2.05) is 37.3 Å². The van der Waals surface area contributed by atoms with E-state index in [0.29, 0.717) is 18.1 Å². The summed E-state index contributed by atoms with van der Waals surface area (Å²) in [7, 11) is 1.57. The Morgan fingerprint density at radius 1 is 1.33 bits per heavy atom. The molecule has 1 atom stereocenters. The minimum Gasteiger partial charge on any atom is -0.484 e. The molecule has 5 heteroatoms. The maximum Gasteiger partial charge on any atom is 0.258 e. The van der Waals surface area contributed by atoms with Crippen LogP contribution in [0.5, 0.6) is 5.75 Å². The van der Waals surface area contributed by atoms with Gasteiger partial charge in [0.1, 0.15) is 17.6 Å². The van der Waals surface area contributed by atoms with E-state index >= 15 is 0 Å². The number of carbonyl (C=O) groups is 1. The molecule has 1 amide bonds. The maximum atomic E-state index is 11.8. The van der Waals surface area contributed by atoms with Crippen molar-refractivity contribution in [3.63, 3.8) is 0 Å². The fraction of sp³-hybridized carbons (Fsp3) is 0.312. The van der Waals surface area contributed by atoms with Crippen LogP contribution in [0.3, 0.4) is 0 Å². The first-order chi connectivity index (χ1) is 10.2. The zero-order chi connectivity index (χ0) is 15.1. The monoisotopic (exact) mass is 289 g/mol. The lowest BCUT2D eigenvalue weighted by Crippen LogP contribution is -2.32. The molecule has 2 rings (SSSR count). The lowest BCUT2D eigenvalue weighted by Gasteiger charge is -2.14. The number of methoxy groups -OCH3 is 1. The van der Waals surface area contributed by atoms with E-state index in [9.17, 15) is 4.79 Å². The predicted molar refractivity (Wildman–Crippen MR) is 78.1 cm³/mol. The quantitative estimate of drug-likeness (QED) is 0.850. The molecule has 0 saturated carbocycles. The van der Waals surface area contributed by atoms with Gasteiger partial charge in [0, 0.05) is 7.11 Å². The number of benzene rings is 1. The zero-order valence-electron chi connectivity index (χ0n) is 12.2. The van der Waals surface area contributed by atoms with Crippen LogP contribution in [-0.4, -0.2) is 26.2 Å². The molecule has 0 radical (unpaired) electrons. The van der Waals surface area contributed by atoms with Crippen LogP contribution in [0.4, 0.5) is 0 Å². The summed E-state index contributed by atoms with van der Waals surface area (Å²) in [5.41, 5.74) is 1.09. The summed E-state index contributed by atoms with van der Waals surface area (Å²) < 4.78 is 16.0. The molecule has 0 fully saturated rings. The first-order valence-corrected chi connectivity index (χ1v) is 6.71. The molecule has 112 valence electrons. The third-order valence-electron chi connectivity index (χ3n) is 2.99.